The van der Waals surface area contributed by atoms with Crippen LogP contribution in [0.1, 0.15) is 23.6 Å². The maximum atomic E-state index is 11.2. The summed E-state index contributed by atoms with van der Waals surface area (Å²) in [6.07, 6.45) is 0. The molecule has 0 aliphatic heterocycles. The average molecular weight is 397 g/mol. The number of hydrogen-bond donors (Lipinski definition) is 0. The molecule has 0 radical (unpaired) electrons. The highest BCUT2D eigenvalue weighted by Gasteiger charge is 2.34. The predicted molar refractivity (Wildman–Crippen MR) is 109 cm³/mol. The van der Waals surface area contributed by atoms with E-state index in [1.807, 2.05) is 60.7 Å². The summed E-state index contributed by atoms with van der Waals surface area (Å²) in [5.74, 6) is 1.61. The first-order valence-electron chi connectivity index (χ1n) is 8.74. The molecule has 0 aliphatic carbocycles. The summed E-state index contributed by atoms with van der Waals surface area (Å²) >= 11 is 7.28. The van der Waals surface area contributed by atoms with Gasteiger partial charge in [0.2, 0.25) is 0 Å². The number of carbonyl (C=O) groups is 1. The van der Waals surface area contributed by atoms with E-state index in [0.717, 1.165) is 28.2 Å². The van der Waals surface area contributed by atoms with Crippen LogP contribution in [-0.4, -0.2) is 20.2 Å². The van der Waals surface area contributed by atoms with Gasteiger partial charge in [-0.25, -0.2) is 0 Å². The van der Waals surface area contributed by atoms with Crippen molar-refractivity contribution in [3.8, 4) is 17.2 Å². The van der Waals surface area contributed by atoms with Crippen LogP contribution in [0, 0.1) is 0 Å². The number of benzene rings is 3. The number of hydrogen-bond acceptors (Lipinski definition) is 4. The molecule has 3 rings (SSSR count). The van der Waals surface area contributed by atoms with Crippen molar-refractivity contribution in [1.82, 2.24) is 0 Å². The molecule has 0 amide bonds. The van der Waals surface area contributed by atoms with E-state index in [1.54, 1.807) is 26.4 Å². The van der Waals surface area contributed by atoms with Gasteiger partial charge in [0, 0.05) is 6.92 Å². The summed E-state index contributed by atoms with van der Waals surface area (Å²) < 4.78 is 15.7. The molecule has 4 nitrogen and oxygen atoms in total. The van der Waals surface area contributed by atoms with E-state index >= 15 is 0 Å². The molecule has 5 heteroatoms. The highest BCUT2D eigenvalue weighted by atomic mass is 35.5. The van der Waals surface area contributed by atoms with E-state index in [1.165, 1.54) is 6.92 Å². The largest absolute Gasteiger partial charge is 0.497 e. The van der Waals surface area contributed by atoms with Crippen LogP contribution in [0.25, 0.3) is 0 Å². The van der Waals surface area contributed by atoms with Gasteiger partial charge in [-0.1, -0.05) is 36.4 Å². The van der Waals surface area contributed by atoms with Gasteiger partial charge in [0.05, 0.1) is 14.2 Å². The van der Waals surface area contributed by atoms with E-state index in [0.29, 0.717) is 5.75 Å². The molecule has 0 aliphatic rings. The van der Waals surface area contributed by atoms with Crippen LogP contribution in [0.4, 0.5) is 0 Å². The number of carbonyl (C=O) groups excluding carboxylic acids is 1. The smallest absolute Gasteiger partial charge is 0.308 e. The number of alkyl halides is 1. The summed E-state index contributed by atoms with van der Waals surface area (Å²) in [5, 5.41) is 0. The number of esters is 1. The Balaban J connectivity index is 2.10. The lowest BCUT2D eigenvalue weighted by molar-refractivity contribution is -0.131. The Morgan fingerprint density at radius 1 is 0.679 bits per heavy atom. The molecule has 0 saturated heterocycles. The fourth-order valence-electron chi connectivity index (χ4n) is 3.06. The van der Waals surface area contributed by atoms with E-state index in [4.69, 9.17) is 25.8 Å². The Labute approximate surface area is 169 Å². The van der Waals surface area contributed by atoms with Crippen LogP contribution < -0.4 is 14.2 Å². The van der Waals surface area contributed by atoms with Crippen molar-refractivity contribution in [3.63, 3.8) is 0 Å². The zero-order valence-electron chi connectivity index (χ0n) is 15.9. The van der Waals surface area contributed by atoms with Gasteiger partial charge in [0.1, 0.15) is 22.1 Å². The van der Waals surface area contributed by atoms with Gasteiger partial charge in [-0.3, -0.25) is 4.79 Å². The third-order valence-corrected chi connectivity index (χ3v) is 5.14. The first kappa shape index (κ1) is 19.8. The molecule has 3 aromatic carbocycles. The van der Waals surface area contributed by atoms with Crippen LogP contribution in [-0.2, 0) is 9.67 Å². The topological polar surface area (TPSA) is 44.8 Å². The summed E-state index contributed by atoms with van der Waals surface area (Å²) in [7, 11) is 3.25. The minimum atomic E-state index is -0.937. The number of rotatable bonds is 6. The molecule has 0 saturated carbocycles. The van der Waals surface area contributed by atoms with Gasteiger partial charge in [-0.05, 0) is 53.1 Å². The maximum Gasteiger partial charge on any atom is 0.308 e. The molecule has 28 heavy (non-hydrogen) atoms. The van der Waals surface area contributed by atoms with Crippen molar-refractivity contribution in [2.45, 2.75) is 11.8 Å². The normalized spacial score (nSPS) is 11.0. The van der Waals surface area contributed by atoms with Crippen LogP contribution in [0.2, 0.25) is 0 Å². The average Bonchev–Trinajstić information content (AvgIpc) is 2.73. The second-order valence-electron chi connectivity index (χ2n) is 6.23. The molecular formula is C23H21ClO4. The minimum absolute atomic E-state index is 0.366. The van der Waals surface area contributed by atoms with E-state index in [9.17, 15) is 4.79 Å². The standard InChI is InChI=1S/C23H21ClO4/c1-16(25)28-22-14-8-19(9-15-22)23(24,17-4-10-20(26-2)11-5-17)18-6-12-21(27-3)13-7-18/h4-15H,1-3H3. The summed E-state index contributed by atoms with van der Waals surface area (Å²) in [4.78, 5) is 10.2. The molecular weight excluding hydrogens is 376 g/mol. The molecule has 0 unspecified atom stereocenters. The highest BCUT2D eigenvalue weighted by Crippen LogP contribution is 2.44. The van der Waals surface area contributed by atoms with Gasteiger partial charge in [0.25, 0.3) is 0 Å². The van der Waals surface area contributed by atoms with Crippen molar-refractivity contribution in [3.05, 3.63) is 89.5 Å². The molecule has 0 N–H and O–H groups in total. The van der Waals surface area contributed by atoms with Crippen LogP contribution in [0.5, 0.6) is 17.2 Å². The van der Waals surface area contributed by atoms with Crippen molar-refractivity contribution in [1.29, 1.82) is 0 Å². The molecule has 0 atom stereocenters. The zero-order valence-corrected chi connectivity index (χ0v) is 16.7. The third-order valence-electron chi connectivity index (χ3n) is 4.49. The van der Waals surface area contributed by atoms with E-state index in [-0.39, 0.29) is 5.97 Å². The summed E-state index contributed by atoms with van der Waals surface area (Å²) in [5.41, 5.74) is 2.63. The molecule has 0 bridgehead atoms. The van der Waals surface area contributed by atoms with Crippen LogP contribution >= 0.6 is 11.6 Å². The van der Waals surface area contributed by atoms with E-state index < -0.39 is 4.87 Å². The molecule has 144 valence electrons. The lowest BCUT2D eigenvalue weighted by atomic mass is 9.84. The van der Waals surface area contributed by atoms with Crippen LogP contribution in [0.3, 0.4) is 0 Å². The fraction of sp³-hybridized carbons (Fsp3) is 0.174. The quantitative estimate of drug-likeness (QED) is 0.250. The monoisotopic (exact) mass is 396 g/mol. The molecule has 0 heterocycles. The molecule has 0 fully saturated rings. The minimum Gasteiger partial charge on any atom is -0.497 e. The molecule has 3 aromatic rings. The van der Waals surface area contributed by atoms with Gasteiger partial charge in [0.15, 0.2) is 0 Å². The number of ether oxygens (including phenoxy) is 3. The molecule has 0 spiro atoms. The van der Waals surface area contributed by atoms with Gasteiger partial charge < -0.3 is 14.2 Å². The van der Waals surface area contributed by atoms with Crippen molar-refractivity contribution in [2.75, 3.05) is 14.2 Å². The van der Waals surface area contributed by atoms with Gasteiger partial charge in [-0.15, -0.1) is 11.6 Å². The third kappa shape index (κ3) is 3.97. The zero-order chi connectivity index (χ0) is 20.1. The van der Waals surface area contributed by atoms with E-state index in [2.05, 4.69) is 0 Å². The lowest BCUT2D eigenvalue weighted by Crippen LogP contribution is -2.22. The Bertz CT molecular complexity index is 884. The lowest BCUT2D eigenvalue weighted by Gasteiger charge is -2.29. The Hall–Kier alpha value is -2.98. The SMILES string of the molecule is COc1ccc(C(Cl)(c2ccc(OC)cc2)c2ccc(OC(C)=O)cc2)cc1. The summed E-state index contributed by atoms with van der Waals surface area (Å²) in [6, 6.07) is 22.5. The highest BCUT2D eigenvalue weighted by molar-refractivity contribution is 6.28. The number of halogens is 1. The fourth-order valence-corrected chi connectivity index (χ4v) is 3.44. The number of methoxy groups -OCH3 is 2. The first-order chi connectivity index (χ1) is 13.5. The second kappa shape index (κ2) is 8.36. The maximum absolute atomic E-state index is 11.2. The van der Waals surface area contributed by atoms with Gasteiger partial charge in [-0.2, -0.15) is 0 Å². The van der Waals surface area contributed by atoms with Gasteiger partial charge >= 0.3 is 5.97 Å². The van der Waals surface area contributed by atoms with Crippen molar-refractivity contribution >= 4 is 17.6 Å². The van der Waals surface area contributed by atoms with Crippen LogP contribution in [0.15, 0.2) is 72.8 Å². The Morgan fingerprint density at radius 3 is 1.29 bits per heavy atom. The first-order valence-corrected chi connectivity index (χ1v) is 9.12. The van der Waals surface area contributed by atoms with Crippen molar-refractivity contribution < 1.29 is 19.0 Å². The Morgan fingerprint density at radius 2 is 1.00 bits per heavy atom. The molecule has 0 aromatic heterocycles. The van der Waals surface area contributed by atoms with Crippen molar-refractivity contribution in [2.24, 2.45) is 0 Å². The Kier molecular flexibility index (Phi) is 5.90. The predicted octanol–water partition coefficient (Wildman–Crippen LogP) is 5.16. The summed E-state index contributed by atoms with van der Waals surface area (Å²) in [6.45, 7) is 1.37. The second-order valence-corrected chi connectivity index (χ2v) is 6.80.